The molecule has 0 aliphatic rings. The zero-order valence-electron chi connectivity index (χ0n) is 11.0. The van der Waals surface area contributed by atoms with Gasteiger partial charge in [0.05, 0.1) is 4.92 Å². The van der Waals surface area contributed by atoms with Gasteiger partial charge in [-0.25, -0.2) is 5.43 Å². The largest absolute Gasteiger partial charge is 0.271 e. The van der Waals surface area contributed by atoms with Crippen molar-refractivity contribution in [1.82, 2.24) is 5.43 Å². The number of nitro benzene ring substituents is 1. The van der Waals surface area contributed by atoms with Gasteiger partial charge in [0.1, 0.15) is 0 Å². The summed E-state index contributed by atoms with van der Waals surface area (Å²) < 4.78 is 0. The van der Waals surface area contributed by atoms with Gasteiger partial charge in [0.15, 0.2) is 0 Å². The number of hydrazone groups is 1. The van der Waals surface area contributed by atoms with Gasteiger partial charge < -0.3 is 0 Å². The van der Waals surface area contributed by atoms with Gasteiger partial charge in [0.25, 0.3) is 11.6 Å². The molecule has 0 saturated heterocycles. The molecule has 1 aromatic carbocycles. The number of nitro groups is 1. The van der Waals surface area contributed by atoms with Crippen molar-refractivity contribution in [2.75, 3.05) is 0 Å². The number of rotatable bonds is 6. The first kappa shape index (κ1) is 14.8. The predicted molar refractivity (Wildman–Crippen MR) is 73.1 cm³/mol. The van der Waals surface area contributed by atoms with Crippen molar-refractivity contribution in [3.8, 4) is 0 Å². The Labute approximate surface area is 111 Å². The van der Waals surface area contributed by atoms with Crippen molar-refractivity contribution in [2.24, 2.45) is 11.0 Å². The molecule has 1 aromatic rings. The first-order valence-corrected chi connectivity index (χ1v) is 6.16. The van der Waals surface area contributed by atoms with Gasteiger partial charge in [-0.2, -0.15) is 5.10 Å². The molecule has 0 atom stereocenters. The first-order chi connectivity index (χ1) is 9.08. The van der Waals surface area contributed by atoms with Crippen LogP contribution < -0.4 is 5.43 Å². The predicted octanol–water partition coefficient (Wildman–Crippen LogP) is 2.75. The summed E-state index contributed by atoms with van der Waals surface area (Å²) in [4.78, 5) is 21.7. The molecule has 6 heteroatoms. The van der Waals surface area contributed by atoms with Crippen molar-refractivity contribution in [2.45, 2.75) is 26.7 Å². The van der Waals surface area contributed by atoms with Crippen molar-refractivity contribution in [3.05, 3.63) is 39.9 Å². The molecule has 0 radical (unpaired) electrons. The molecule has 19 heavy (non-hydrogen) atoms. The van der Waals surface area contributed by atoms with E-state index < -0.39 is 4.92 Å². The molecule has 0 heterocycles. The van der Waals surface area contributed by atoms with Crippen molar-refractivity contribution in [3.63, 3.8) is 0 Å². The highest BCUT2D eigenvalue weighted by molar-refractivity contribution is 5.94. The summed E-state index contributed by atoms with van der Waals surface area (Å²) >= 11 is 0. The third-order valence-electron chi connectivity index (χ3n) is 2.84. The quantitative estimate of drug-likeness (QED) is 0.486. The Bertz CT molecular complexity index is 465. The monoisotopic (exact) mass is 263 g/mol. The van der Waals surface area contributed by atoms with E-state index in [0.29, 0.717) is 11.5 Å². The molecule has 0 aliphatic heterocycles. The summed E-state index contributed by atoms with van der Waals surface area (Å²) in [6.07, 6.45) is 3.64. The van der Waals surface area contributed by atoms with Crippen LogP contribution in [0.4, 0.5) is 5.69 Å². The van der Waals surface area contributed by atoms with E-state index >= 15 is 0 Å². The van der Waals surface area contributed by atoms with Crippen molar-refractivity contribution >= 4 is 17.8 Å². The minimum absolute atomic E-state index is 0.0444. The molecule has 0 bridgehead atoms. The molecular weight excluding hydrogens is 246 g/mol. The van der Waals surface area contributed by atoms with Crippen LogP contribution in [0.2, 0.25) is 0 Å². The van der Waals surface area contributed by atoms with Crippen LogP contribution in [0.15, 0.2) is 29.4 Å². The fourth-order valence-corrected chi connectivity index (χ4v) is 1.50. The number of hydrogen-bond donors (Lipinski definition) is 1. The minimum Gasteiger partial charge on any atom is -0.267 e. The maximum Gasteiger partial charge on any atom is 0.271 e. The van der Waals surface area contributed by atoms with Crippen LogP contribution in [0.3, 0.4) is 0 Å². The molecule has 0 spiro atoms. The second-order valence-corrected chi connectivity index (χ2v) is 4.10. The number of benzene rings is 1. The van der Waals surface area contributed by atoms with Gasteiger partial charge in [0.2, 0.25) is 0 Å². The summed E-state index contributed by atoms with van der Waals surface area (Å²) in [5, 5.41) is 14.4. The molecule has 0 aromatic heterocycles. The van der Waals surface area contributed by atoms with Crippen molar-refractivity contribution in [1.29, 1.82) is 0 Å². The lowest BCUT2D eigenvalue weighted by atomic mass is 10.1. The standard InChI is InChI=1S/C13H17N3O3/c1-3-10(4-2)9-14-15-13(17)11-5-7-12(8-6-11)16(18)19/h5-10H,3-4H2,1-2H3,(H,15,17). The number of carbonyl (C=O) groups is 1. The Balaban J connectivity index is 2.61. The highest BCUT2D eigenvalue weighted by Gasteiger charge is 2.08. The Morgan fingerprint density at radius 2 is 1.95 bits per heavy atom. The van der Waals surface area contributed by atoms with E-state index in [-0.39, 0.29) is 11.6 Å². The number of nitrogens with zero attached hydrogens (tertiary/aromatic N) is 2. The fourth-order valence-electron chi connectivity index (χ4n) is 1.50. The van der Waals surface area contributed by atoms with Gasteiger partial charge >= 0.3 is 0 Å². The van der Waals surface area contributed by atoms with E-state index in [1.54, 1.807) is 6.21 Å². The number of nitrogens with one attached hydrogen (secondary N) is 1. The summed E-state index contributed by atoms with van der Waals surface area (Å²) in [6.45, 7) is 4.11. The SMILES string of the molecule is CCC(C=NNC(=O)c1ccc([N+](=O)[O-])cc1)CC. The van der Waals surface area contributed by atoms with Crippen LogP contribution in [-0.4, -0.2) is 17.0 Å². The average Bonchev–Trinajstić information content (AvgIpc) is 2.43. The van der Waals surface area contributed by atoms with E-state index in [2.05, 4.69) is 24.4 Å². The highest BCUT2D eigenvalue weighted by Crippen LogP contribution is 2.11. The minimum atomic E-state index is -0.507. The number of non-ortho nitro benzene ring substituents is 1. The Morgan fingerprint density at radius 1 is 1.37 bits per heavy atom. The van der Waals surface area contributed by atoms with Gasteiger partial charge in [-0.1, -0.05) is 13.8 Å². The van der Waals surface area contributed by atoms with Gasteiger partial charge in [0, 0.05) is 23.9 Å². The molecule has 0 saturated carbocycles. The Kier molecular flexibility index (Phi) is 5.66. The molecule has 1 N–H and O–H groups in total. The van der Waals surface area contributed by atoms with E-state index in [4.69, 9.17) is 0 Å². The van der Waals surface area contributed by atoms with Crippen LogP contribution in [0.5, 0.6) is 0 Å². The Morgan fingerprint density at radius 3 is 2.42 bits per heavy atom. The number of carbonyl (C=O) groups excluding carboxylic acids is 1. The van der Waals surface area contributed by atoms with Gasteiger partial charge in [-0.15, -0.1) is 0 Å². The molecule has 1 rings (SSSR count). The zero-order chi connectivity index (χ0) is 14.3. The third kappa shape index (κ3) is 4.50. The third-order valence-corrected chi connectivity index (χ3v) is 2.84. The van der Waals surface area contributed by atoms with Crippen LogP contribution in [0, 0.1) is 16.0 Å². The second kappa shape index (κ2) is 7.25. The maximum atomic E-state index is 11.7. The lowest BCUT2D eigenvalue weighted by Crippen LogP contribution is -2.18. The summed E-state index contributed by atoms with van der Waals surface area (Å²) in [7, 11) is 0. The van der Waals surface area contributed by atoms with Gasteiger partial charge in [-0.3, -0.25) is 14.9 Å². The van der Waals surface area contributed by atoms with Crippen LogP contribution in [0.1, 0.15) is 37.0 Å². The number of amides is 1. The van der Waals surface area contributed by atoms with Crippen LogP contribution >= 0.6 is 0 Å². The van der Waals surface area contributed by atoms with E-state index in [9.17, 15) is 14.9 Å². The smallest absolute Gasteiger partial charge is 0.267 e. The molecule has 102 valence electrons. The van der Waals surface area contributed by atoms with Crippen LogP contribution in [-0.2, 0) is 0 Å². The number of hydrogen-bond acceptors (Lipinski definition) is 4. The molecule has 0 unspecified atom stereocenters. The van der Waals surface area contributed by atoms with Gasteiger partial charge in [-0.05, 0) is 30.9 Å². The van der Waals surface area contributed by atoms with Crippen molar-refractivity contribution < 1.29 is 9.72 Å². The second-order valence-electron chi connectivity index (χ2n) is 4.10. The normalized spacial score (nSPS) is 10.9. The Hall–Kier alpha value is -2.24. The highest BCUT2D eigenvalue weighted by atomic mass is 16.6. The van der Waals surface area contributed by atoms with Crippen LogP contribution in [0.25, 0.3) is 0 Å². The fraction of sp³-hybridized carbons (Fsp3) is 0.385. The molecule has 0 fully saturated rings. The molecule has 0 aliphatic carbocycles. The van der Waals surface area contributed by atoms with E-state index in [1.165, 1.54) is 24.3 Å². The lowest BCUT2D eigenvalue weighted by Gasteiger charge is -2.04. The molecular formula is C13H17N3O3. The zero-order valence-corrected chi connectivity index (χ0v) is 11.0. The molecule has 6 nitrogen and oxygen atoms in total. The lowest BCUT2D eigenvalue weighted by molar-refractivity contribution is -0.384. The topological polar surface area (TPSA) is 84.6 Å². The first-order valence-electron chi connectivity index (χ1n) is 6.16. The summed E-state index contributed by atoms with van der Waals surface area (Å²) in [5.41, 5.74) is 2.70. The van der Waals surface area contributed by atoms with E-state index in [0.717, 1.165) is 12.8 Å². The average molecular weight is 263 g/mol. The summed E-state index contributed by atoms with van der Waals surface area (Å²) in [5.74, 6) is -0.0331. The van der Waals surface area contributed by atoms with E-state index in [1.807, 2.05) is 0 Å². The maximum absolute atomic E-state index is 11.7. The molecule has 1 amide bonds. The summed E-state index contributed by atoms with van der Waals surface area (Å²) in [6, 6.07) is 5.39.